The fourth-order valence-corrected chi connectivity index (χ4v) is 5.24. The molecule has 1 atom stereocenters. The van der Waals surface area contributed by atoms with E-state index in [0.29, 0.717) is 16.7 Å². The topological polar surface area (TPSA) is 17.1 Å². The Hall–Kier alpha value is -0.240. The maximum Gasteiger partial charge on any atom is 0.155 e. The summed E-state index contributed by atoms with van der Waals surface area (Å²) in [6.07, 6.45) is 8.74. The normalized spacial score (nSPS) is 28.9. The van der Waals surface area contributed by atoms with Crippen LogP contribution in [-0.2, 0) is 15.7 Å². The fraction of sp³-hybridized carbons (Fsp3) is 0.750. The van der Waals surface area contributed by atoms with Gasteiger partial charge in [-0.25, -0.2) is 0 Å². The molecule has 2 aliphatic rings. The van der Waals surface area contributed by atoms with E-state index in [-0.39, 0.29) is 0 Å². The number of ketones is 1. The summed E-state index contributed by atoms with van der Waals surface area (Å²) in [5, 5.41) is 0.755. The van der Waals surface area contributed by atoms with Crippen molar-refractivity contribution in [3.05, 3.63) is 11.6 Å². The molecule has 0 radical (unpaired) electrons. The Labute approximate surface area is 89.3 Å². The van der Waals surface area contributed by atoms with Crippen molar-refractivity contribution in [2.45, 2.75) is 44.3 Å². The Morgan fingerprint density at radius 3 is 2.71 bits per heavy atom. The SMILES string of the molecule is CC(=O)C1=CC([S+]2CCCC2)CCC1. The van der Waals surface area contributed by atoms with Gasteiger partial charge in [0.2, 0.25) is 0 Å². The summed E-state index contributed by atoms with van der Waals surface area (Å²) in [5.41, 5.74) is 1.11. The molecule has 1 nitrogen and oxygen atoms in total. The van der Waals surface area contributed by atoms with Crippen LogP contribution in [0.4, 0.5) is 0 Å². The molecule has 1 saturated heterocycles. The number of rotatable bonds is 2. The number of hydrogen-bond acceptors (Lipinski definition) is 1. The van der Waals surface area contributed by atoms with Crippen LogP contribution < -0.4 is 0 Å². The molecule has 1 heterocycles. The highest BCUT2D eigenvalue weighted by Crippen LogP contribution is 2.29. The predicted molar refractivity (Wildman–Crippen MR) is 62.7 cm³/mol. The van der Waals surface area contributed by atoms with Crippen molar-refractivity contribution in [1.82, 2.24) is 0 Å². The standard InChI is InChI=1S/C12H19OS/c1-10(13)11-5-4-6-12(9-11)14-7-2-3-8-14/h9,12H,2-8H2,1H3/q+1. The van der Waals surface area contributed by atoms with Gasteiger partial charge in [-0.05, 0) is 61.6 Å². The van der Waals surface area contributed by atoms with E-state index >= 15 is 0 Å². The van der Waals surface area contributed by atoms with Gasteiger partial charge in [-0.1, -0.05) is 0 Å². The van der Waals surface area contributed by atoms with E-state index in [0.717, 1.165) is 17.2 Å². The van der Waals surface area contributed by atoms with Crippen LogP contribution in [0.3, 0.4) is 0 Å². The molecule has 1 aliphatic heterocycles. The van der Waals surface area contributed by atoms with Crippen LogP contribution in [0.1, 0.15) is 39.0 Å². The molecule has 1 unspecified atom stereocenters. The van der Waals surface area contributed by atoms with Crippen LogP contribution in [0.2, 0.25) is 0 Å². The van der Waals surface area contributed by atoms with Gasteiger partial charge >= 0.3 is 0 Å². The van der Waals surface area contributed by atoms with Crippen molar-refractivity contribution in [3.8, 4) is 0 Å². The molecule has 2 rings (SSSR count). The van der Waals surface area contributed by atoms with Crippen LogP contribution in [0.15, 0.2) is 11.6 Å². The van der Waals surface area contributed by atoms with Gasteiger partial charge in [0.05, 0.1) is 0 Å². The maximum atomic E-state index is 11.3. The molecule has 0 aromatic heterocycles. The van der Waals surface area contributed by atoms with Crippen molar-refractivity contribution in [1.29, 1.82) is 0 Å². The molecule has 0 N–H and O–H groups in total. The van der Waals surface area contributed by atoms with Crippen molar-refractivity contribution < 1.29 is 4.79 Å². The minimum atomic E-state index is 0.303. The second-order valence-electron chi connectivity index (χ2n) is 4.33. The molecule has 0 bridgehead atoms. The average molecular weight is 211 g/mol. The number of hydrogen-bond donors (Lipinski definition) is 0. The summed E-state index contributed by atoms with van der Waals surface area (Å²) < 4.78 is 0. The summed E-state index contributed by atoms with van der Waals surface area (Å²) in [5.74, 6) is 3.15. The molecular formula is C12H19OS+. The molecule has 0 spiro atoms. The Morgan fingerprint density at radius 2 is 2.07 bits per heavy atom. The highest BCUT2D eigenvalue weighted by molar-refractivity contribution is 7.97. The van der Waals surface area contributed by atoms with E-state index in [4.69, 9.17) is 0 Å². The Balaban J connectivity index is 2.04. The smallest absolute Gasteiger partial charge is 0.155 e. The zero-order valence-corrected chi connectivity index (χ0v) is 9.74. The van der Waals surface area contributed by atoms with Crippen LogP contribution in [0, 0.1) is 0 Å². The molecule has 1 aliphatic carbocycles. The average Bonchev–Trinajstić information content (AvgIpc) is 2.71. The summed E-state index contributed by atoms with van der Waals surface area (Å²) >= 11 is 0. The van der Waals surface area contributed by atoms with Crippen molar-refractivity contribution >= 4 is 16.7 Å². The van der Waals surface area contributed by atoms with E-state index in [1.54, 1.807) is 6.92 Å². The summed E-state index contributed by atoms with van der Waals surface area (Å²) in [6, 6.07) is 0. The molecule has 0 aromatic carbocycles. The van der Waals surface area contributed by atoms with Gasteiger partial charge in [-0.3, -0.25) is 4.79 Å². The monoisotopic (exact) mass is 211 g/mol. The molecule has 2 heteroatoms. The second kappa shape index (κ2) is 4.52. The highest BCUT2D eigenvalue weighted by atomic mass is 32.2. The molecule has 78 valence electrons. The minimum absolute atomic E-state index is 0.303. The summed E-state index contributed by atoms with van der Waals surface area (Å²) in [4.78, 5) is 11.3. The lowest BCUT2D eigenvalue weighted by atomic mass is 9.97. The second-order valence-corrected chi connectivity index (χ2v) is 6.83. The van der Waals surface area contributed by atoms with Gasteiger partial charge in [0, 0.05) is 0 Å². The Morgan fingerprint density at radius 1 is 1.36 bits per heavy atom. The predicted octanol–water partition coefficient (Wildman–Crippen LogP) is 2.47. The maximum absolute atomic E-state index is 11.3. The van der Waals surface area contributed by atoms with Crippen molar-refractivity contribution in [3.63, 3.8) is 0 Å². The first-order chi connectivity index (χ1) is 6.77. The highest BCUT2D eigenvalue weighted by Gasteiger charge is 2.34. The first kappa shape index (κ1) is 10.3. The van der Waals surface area contributed by atoms with Crippen LogP contribution in [0.25, 0.3) is 0 Å². The zero-order chi connectivity index (χ0) is 9.97. The van der Waals surface area contributed by atoms with E-state index in [1.165, 1.54) is 37.2 Å². The first-order valence-corrected chi connectivity index (χ1v) is 7.28. The van der Waals surface area contributed by atoms with Crippen molar-refractivity contribution in [2.24, 2.45) is 0 Å². The quantitative estimate of drug-likeness (QED) is 0.641. The van der Waals surface area contributed by atoms with Gasteiger partial charge in [0.25, 0.3) is 0 Å². The van der Waals surface area contributed by atoms with Gasteiger partial charge < -0.3 is 0 Å². The first-order valence-electron chi connectivity index (χ1n) is 5.65. The van der Waals surface area contributed by atoms with E-state index < -0.39 is 0 Å². The number of carbonyl (C=O) groups is 1. The van der Waals surface area contributed by atoms with E-state index in [2.05, 4.69) is 6.08 Å². The lowest BCUT2D eigenvalue weighted by Gasteiger charge is -2.18. The molecule has 14 heavy (non-hydrogen) atoms. The van der Waals surface area contributed by atoms with Gasteiger partial charge in [-0.2, -0.15) is 0 Å². The lowest BCUT2D eigenvalue weighted by molar-refractivity contribution is -0.113. The number of Topliss-reactive ketones (excluding diaryl/α,β-unsaturated/α-hetero) is 1. The van der Waals surface area contributed by atoms with Gasteiger partial charge in [0.1, 0.15) is 16.8 Å². The van der Waals surface area contributed by atoms with Gasteiger partial charge in [0.15, 0.2) is 5.78 Å². The molecular weight excluding hydrogens is 192 g/mol. The third-order valence-corrected chi connectivity index (χ3v) is 6.12. The van der Waals surface area contributed by atoms with Crippen molar-refractivity contribution in [2.75, 3.05) is 11.5 Å². The summed E-state index contributed by atoms with van der Waals surface area (Å²) in [7, 11) is 0.620. The third kappa shape index (κ3) is 2.22. The largest absolute Gasteiger partial charge is 0.295 e. The minimum Gasteiger partial charge on any atom is -0.295 e. The van der Waals surface area contributed by atoms with Gasteiger partial charge in [-0.15, -0.1) is 0 Å². The molecule has 0 saturated carbocycles. The Kier molecular flexibility index (Phi) is 3.32. The van der Waals surface area contributed by atoms with E-state index in [9.17, 15) is 4.79 Å². The number of carbonyl (C=O) groups excluding carboxylic acids is 1. The number of allylic oxidation sites excluding steroid dienone is 1. The molecule has 0 amide bonds. The van der Waals surface area contributed by atoms with Crippen LogP contribution in [-0.4, -0.2) is 22.5 Å². The van der Waals surface area contributed by atoms with Crippen LogP contribution >= 0.6 is 0 Å². The zero-order valence-electron chi connectivity index (χ0n) is 8.92. The Bertz CT molecular complexity index is 251. The lowest BCUT2D eigenvalue weighted by Crippen LogP contribution is -2.25. The van der Waals surface area contributed by atoms with Crippen LogP contribution in [0.5, 0.6) is 0 Å². The summed E-state index contributed by atoms with van der Waals surface area (Å²) in [6.45, 7) is 1.71. The van der Waals surface area contributed by atoms with E-state index in [1.807, 2.05) is 0 Å². The fourth-order valence-electron chi connectivity index (χ4n) is 2.42. The molecule has 1 fully saturated rings. The third-order valence-electron chi connectivity index (χ3n) is 3.27. The molecule has 0 aromatic rings.